The fraction of sp³-hybridized carbons (Fsp3) is 0.130. The minimum atomic E-state index is 0.131. The molecule has 5 rings (SSSR count). The van der Waals surface area contributed by atoms with Gasteiger partial charge in [-0.25, -0.2) is 0 Å². The van der Waals surface area contributed by atoms with E-state index in [2.05, 4.69) is 90.0 Å². The van der Waals surface area contributed by atoms with Crippen LogP contribution >= 0.6 is 0 Å². The van der Waals surface area contributed by atoms with E-state index < -0.39 is 0 Å². The number of hydrogen-bond donors (Lipinski definition) is 2. The molecule has 0 radical (unpaired) electrons. The van der Waals surface area contributed by atoms with E-state index in [4.69, 9.17) is 0 Å². The van der Waals surface area contributed by atoms with Crippen LogP contribution in [0.5, 0.6) is 0 Å². The molecule has 0 bridgehead atoms. The maximum atomic E-state index is 3.78. The van der Waals surface area contributed by atoms with Crippen LogP contribution in [0.15, 0.2) is 72.8 Å². The molecular formula is C23H20N2. The SMILES string of the molecule is Cc1ccc(C2Nc3ccccc3Cc3c2[nH]c2ccccc32)cc1. The highest BCUT2D eigenvalue weighted by atomic mass is 15.0. The van der Waals surface area contributed by atoms with E-state index in [1.54, 1.807) is 0 Å². The molecule has 0 spiro atoms. The molecule has 1 aliphatic heterocycles. The van der Waals surface area contributed by atoms with E-state index >= 15 is 0 Å². The third-order valence-electron chi connectivity index (χ3n) is 5.23. The van der Waals surface area contributed by atoms with Crippen LogP contribution in [0.3, 0.4) is 0 Å². The molecule has 2 heteroatoms. The van der Waals surface area contributed by atoms with E-state index in [9.17, 15) is 0 Å². The minimum Gasteiger partial charge on any atom is -0.373 e. The van der Waals surface area contributed by atoms with Gasteiger partial charge in [0.2, 0.25) is 0 Å². The number of fused-ring (bicyclic) bond motifs is 4. The number of aromatic nitrogens is 1. The summed E-state index contributed by atoms with van der Waals surface area (Å²) in [4.78, 5) is 3.69. The maximum absolute atomic E-state index is 3.78. The number of para-hydroxylation sites is 2. The number of rotatable bonds is 1. The summed E-state index contributed by atoms with van der Waals surface area (Å²) in [6, 6.07) is 26.2. The number of anilines is 1. The van der Waals surface area contributed by atoms with Crippen molar-refractivity contribution in [3.8, 4) is 0 Å². The van der Waals surface area contributed by atoms with Crippen LogP contribution in [0, 0.1) is 6.92 Å². The zero-order valence-electron chi connectivity index (χ0n) is 14.2. The molecule has 2 heterocycles. The minimum absolute atomic E-state index is 0.131. The Labute approximate surface area is 147 Å². The standard InChI is InChI=1S/C23H20N2/c1-15-10-12-16(13-11-15)22-23-19(18-7-3-5-9-21(18)25-23)14-17-6-2-4-8-20(17)24-22/h2-13,22,24-25H,14H2,1H3. The fourth-order valence-electron chi connectivity index (χ4n) is 3.90. The summed E-state index contributed by atoms with van der Waals surface area (Å²) in [5.41, 5.74) is 9.04. The van der Waals surface area contributed by atoms with Gasteiger partial charge in [-0.2, -0.15) is 0 Å². The fourth-order valence-corrected chi connectivity index (χ4v) is 3.90. The smallest absolute Gasteiger partial charge is 0.0921 e. The molecule has 1 aromatic heterocycles. The van der Waals surface area contributed by atoms with E-state index in [1.807, 2.05) is 0 Å². The van der Waals surface area contributed by atoms with E-state index in [0.717, 1.165) is 6.42 Å². The third-order valence-corrected chi connectivity index (χ3v) is 5.23. The first-order valence-corrected chi connectivity index (χ1v) is 8.80. The van der Waals surface area contributed by atoms with Crippen molar-refractivity contribution < 1.29 is 0 Å². The molecule has 25 heavy (non-hydrogen) atoms. The van der Waals surface area contributed by atoms with Crippen molar-refractivity contribution in [1.82, 2.24) is 4.98 Å². The number of nitrogens with one attached hydrogen (secondary N) is 2. The van der Waals surface area contributed by atoms with Crippen molar-refractivity contribution in [2.45, 2.75) is 19.4 Å². The number of aryl methyl sites for hydroxylation is 1. The van der Waals surface area contributed by atoms with Gasteiger partial charge >= 0.3 is 0 Å². The van der Waals surface area contributed by atoms with Crippen molar-refractivity contribution in [2.24, 2.45) is 0 Å². The molecule has 122 valence electrons. The Kier molecular flexibility index (Phi) is 3.17. The Morgan fingerprint density at radius 1 is 0.840 bits per heavy atom. The first-order valence-electron chi connectivity index (χ1n) is 8.80. The summed E-state index contributed by atoms with van der Waals surface area (Å²) in [5, 5.41) is 5.11. The van der Waals surface area contributed by atoms with Crippen LogP contribution in [0.2, 0.25) is 0 Å². The number of hydrogen-bond acceptors (Lipinski definition) is 1. The quantitative estimate of drug-likeness (QED) is 0.470. The van der Waals surface area contributed by atoms with Gasteiger partial charge in [0.05, 0.1) is 6.04 Å². The molecule has 3 aromatic carbocycles. The lowest BCUT2D eigenvalue weighted by Crippen LogP contribution is -2.12. The molecule has 4 aromatic rings. The molecule has 0 aliphatic carbocycles. The Morgan fingerprint density at radius 3 is 2.48 bits per heavy atom. The Balaban J connectivity index is 1.77. The highest BCUT2D eigenvalue weighted by Gasteiger charge is 2.26. The summed E-state index contributed by atoms with van der Waals surface area (Å²) in [6.07, 6.45) is 0.949. The summed E-state index contributed by atoms with van der Waals surface area (Å²) in [5.74, 6) is 0. The molecular weight excluding hydrogens is 304 g/mol. The van der Waals surface area contributed by atoms with Crippen LogP contribution in [0.1, 0.15) is 34.0 Å². The van der Waals surface area contributed by atoms with Gasteiger partial charge < -0.3 is 10.3 Å². The first kappa shape index (κ1) is 14.4. The predicted molar refractivity (Wildman–Crippen MR) is 104 cm³/mol. The Hall–Kier alpha value is -3.00. The second kappa shape index (κ2) is 5.52. The average Bonchev–Trinajstić information content (AvgIpc) is 2.92. The normalized spacial score (nSPS) is 16.0. The van der Waals surface area contributed by atoms with E-state index in [1.165, 1.54) is 44.5 Å². The van der Waals surface area contributed by atoms with Crippen LogP contribution in [-0.2, 0) is 6.42 Å². The highest BCUT2D eigenvalue weighted by molar-refractivity contribution is 5.86. The van der Waals surface area contributed by atoms with Crippen molar-refractivity contribution in [3.05, 3.63) is 101 Å². The van der Waals surface area contributed by atoms with Crippen molar-refractivity contribution in [1.29, 1.82) is 0 Å². The molecule has 1 unspecified atom stereocenters. The first-order chi connectivity index (χ1) is 12.3. The Bertz CT molecular complexity index is 1060. The lowest BCUT2D eigenvalue weighted by atomic mass is 9.97. The van der Waals surface area contributed by atoms with Crippen LogP contribution in [-0.4, -0.2) is 4.98 Å². The molecule has 0 fully saturated rings. The van der Waals surface area contributed by atoms with Gasteiger partial charge in [-0.15, -0.1) is 0 Å². The molecule has 2 N–H and O–H groups in total. The molecule has 0 amide bonds. The van der Waals surface area contributed by atoms with Gasteiger partial charge in [0.15, 0.2) is 0 Å². The third kappa shape index (κ3) is 2.33. The van der Waals surface area contributed by atoms with Gasteiger partial charge in [-0.1, -0.05) is 66.2 Å². The zero-order valence-corrected chi connectivity index (χ0v) is 14.2. The van der Waals surface area contributed by atoms with E-state index in [-0.39, 0.29) is 6.04 Å². The topological polar surface area (TPSA) is 27.8 Å². The van der Waals surface area contributed by atoms with Crippen LogP contribution < -0.4 is 5.32 Å². The summed E-state index contributed by atoms with van der Waals surface area (Å²) in [6.45, 7) is 2.13. The summed E-state index contributed by atoms with van der Waals surface area (Å²) in [7, 11) is 0. The highest BCUT2D eigenvalue weighted by Crippen LogP contribution is 2.38. The van der Waals surface area contributed by atoms with Gasteiger partial charge in [0.25, 0.3) is 0 Å². The van der Waals surface area contributed by atoms with Crippen molar-refractivity contribution in [3.63, 3.8) is 0 Å². The second-order valence-corrected chi connectivity index (χ2v) is 6.88. The zero-order chi connectivity index (χ0) is 16.8. The lowest BCUT2D eigenvalue weighted by Gasteiger charge is -2.19. The van der Waals surface area contributed by atoms with Gasteiger partial charge in [0, 0.05) is 28.7 Å². The molecule has 1 aliphatic rings. The molecule has 1 atom stereocenters. The van der Waals surface area contributed by atoms with Crippen LogP contribution in [0.25, 0.3) is 10.9 Å². The van der Waals surface area contributed by atoms with Crippen LogP contribution in [0.4, 0.5) is 5.69 Å². The van der Waals surface area contributed by atoms with Crippen molar-refractivity contribution in [2.75, 3.05) is 5.32 Å². The van der Waals surface area contributed by atoms with Crippen molar-refractivity contribution >= 4 is 16.6 Å². The van der Waals surface area contributed by atoms with Gasteiger partial charge in [-0.05, 0) is 35.7 Å². The van der Waals surface area contributed by atoms with Gasteiger partial charge in [0.1, 0.15) is 0 Å². The average molecular weight is 324 g/mol. The maximum Gasteiger partial charge on any atom is 0.0921 e. The monoisotopic (exact) mass is 324 g/mol. The number of aromatic amines is 1. The summed E-state index contributed by atoms with van der Waals surface area (Å²) < 4.78 is 0. The second-order valence-electron chi connectivity index (χ2n) is 6.88. The number of benzene rings is 3. The lowest BCUT2D eigenvalue weighted by molar-refractivity contribution is 0.899. The molecule has 2 nitrogen and oxygen atoms in total. The molecule has 0 saturated carbocycles. The van der Waals surface area contributed by atoms with E-state index in [0.29, 0.717) is 0 Å². The molecule has 0 saturated heterocycles. The predicted octanol–water partition coefficient (Wildman–Crippen LogP) is 5.58. The largest absolute Gasteiger partial charge is 0.373 e. The number of H-pyrrole nitrogens is 1. The van der Waals surface area contributed by atoms with Gasteiger partial charge in [-0.3, -0.25) is 0 Å². The Morgan fingerprint density at radius 2 is 1.60 bits per heavy atom. The summed E-state index contributed by atoms with van der Waals surface area (Å²) >= 11 is 0.